The maximum atomic E-state index is 11.5. The van der Waals surface area contributed by atoms with Gasteiger partial charge >= 0.3 is 0 Å². The quantitative estimate of drug-likeness (QED) is 0.198. The molecule has 1 heterocycles. The van der Waals surface area contributed by atoms with E-state index in [0.717, 1.165) is 39.1 Å². The molecule has 0 bridgehead atoms. The van der Waals surface area contributed by atoms with Crippen LogP contribution in [0.2, 0.25) is 0 Å². The van der Waals surface area contributed by atoms with Gasteiger partial charge in [-0.25, -0.2) is 13.4 Å². The normalized spacial score (nSPS) is 12.6. The van der Waals surface area contributed by atoms with E-state index in [2.05, 4.69) is 24.2 Å². The van der Waals surface area contributed by atoms with Crippen molar-refractivity contribution < 1.29 is 8.42 Å². The summed E-state index contributed by atoms with van der Waals surface area (Å²) in [5, 5.41) is 8.86. The second-order valence-electron chi connectivity index (χ2n) is 9.32. The lowest BCUT2D eigenvalue weighted by Crippen LogP contribution is -2.10. The molecule has 6 nitrogen and oxygen atoms in total. The number of pyridine rings is 1. The van der Waals surface area contributed by atoms with E-state index < -0.39 is 9.84 Å². The molecule has 0 amide bonds. The van der Waals surface area contributed by atoms with Crippen LogP contribution in [0.1, 0.15) is 43.0 Å². The first kappa shape index (κ1) is 29.6. The summed E-state index contributed by atoms with van der Waals surface area (Å²) in [4.78, 5) is 11.1. The monoisotopic (exact) mass is 518 g/mol. The van der Waals surface area contributed by atoms with Gasteiger partial charge in [-0.1, -0.05) is 49.1 Å². The van der Waals surface area contributed by atoms with Crippen molar-refractivity contribution in [2.75, 3.05) is 33.2 Å². The van der Waals surface area contributed by atoms with Crippen LogP contribution in [0.3, 0.4) is 0 Å². The number of hydrogen-bond donors (Lipinski definition) is 1. The molecule has 1 aromatic carbocycles. The largest absolute Gasteiger partial charge is 0.383 e. The summed E-state index contributed by atoms with van der Waals surface area (Å²) in [6.45, 7) is 9.85. The third-order valence-electron chi connectivity index (χ3n) is 5.46. The van der Waals surface area contributed by atoms with Crippen LogP contribution < -0.4 is 0 Å². The number of nitrogens with zero attached hydrogens (tertiary/aromatic N) is 3. The smallest absolute Gasteiger partial charge is 0.147 e. The van der Waals surface area contributed by atoms with Crippen LogP contribution in [-0.2, 0) is 9.84 Å². The first-order valence-electron chi connectivity index (χ1n) is 12.1. The third-order valence-corrected chi connectivity index (χ3v) is 6.49. The van der Waals surface area contributed by atoms with Gasteiger partial charge in [0.1, 0.15) is 9.84 Å². The molecule has 1 aromatic heterocycles. The Hall–Kier alpha value is -3.58. The van der Waals surface area contributed by atoms with Crippen molar-refractivity contribution in [2.45, 2.75) is 26.2 Å². The Morgan fingerprint density at radius 3 is 2.49 bits per heavy atom. The van der Waals surface area contributed by atoms with Crippen LogP contribution >= 0.6 is 0 Å². The second kappa shape index (κ2) is 13.7. The zero-order valence-electron chi connectivity index (χ0n) is 22.6. The molecule has 0 atom stereocenters. The summed E-state index contributed by atoms with van der Waals surface area (Å²) < 4.78 is 23.0. The second-order valence-corrected chi connectivity index (χ2v) is 11.6. The van der Waals surface area contributed by atoms with E-state index in [1.54, 1.807) is 13.3 Å². The van der Waals surface area contributed by atoms with E-state index in [0.29, 0.717) is 30.7 Å². The van der Waals surface area contributed by atoms with Crippen LogP contribution in [0.25, 0.3) is 22.4 Å². The lowest BCUT2D eigenvalue weighted by molar-refractivity contribution is 0.566. The highest BCUT2D eigenvalue weighted by molar-refractivity contribution is 7.90. The molecular weight excluding hydrogens is 480 g/mol. The summed E-state index contributed by atoms with van der Waals surface area (Å²) in [6, 6.07) is 12.0. The van der Waals surface area contributed by atoms with Crippen molar-refractivity contribution in [1.82, 2.24) is 9.88 Å². The van der Waals surface area contributed by atoms with Crippen LogP contribution in [0.4, 0.5) is 0 Å². The molecule has 0 spiro atoms. The fourth-order valence-electron chi connectivity index (χ4n) is 3.84. The molecule has 0 aliphatic rings. The van der Waals surface area contributed by atoms with Crippen molar-refractivity contribution in [2.24, 2.45) is 4.99 Å². The molecule has 37 heavy (non-hydrogen) atoms. The van der Waals surface area contributed by atoms with E-state index in [1.165, 1.54) is 6.26 Å². The highest BCUT2D eigenvalue weighted by Crippen LogP contribution is 2.27. The number of benzene rings is 1. The zero-order chi connectivity index (χ0) is 27.6. The van der Waals surface area contributed by atoms with Gasteiger partial charge < -0.3 is 10.3 Å². The topological polar surface area (TPSA) is 86.5 Å². The zero-order valence-corrected chi connectivity index (χ0v) is 23.4. The van der Waals surface area contributed by atoms with Crippen LogP contribution in [0.15, 0.2) is 78.5 Å². The number of unbranched alkanes of at least 4 members (excludes halogenated alkanes) is 1. The molecule has 7 heteroatoms. The number of sulfone groups is 1. The van der Waals surface area contributed by atoms with Crippen molar-refractivity contribution >= 4 is 32.9 Å². The van der Waals surface area contributed by atoms with E-state index in [9.17, 15) is 8.42 Å². The summed E-state index contributed by atoms with van der Waals surface area (Å²) in [7, 11) is 2.61. The fraction of sp³-hybridized carbons (Fsp3) is 0.300. The highest BCUT2D eigenvalue weighted by atomic mass is 32.2. The summed E-state index contributed by atoms with van der Waals surface area (Å²) in [6.07, 6.45) is 10.3. The molecule has 0 saturated carbocycles. The number of allylic oxidation sites excluding steroid dienone is 5. The standard InChI is InChI=1S/C30H38N4O2S/c1-8-23(21-34(5)6)24-12-11-13-25(19-24)29-16-15-27(26(20-32-4)18-22(2)3)30(33-29)28(31)14-9-10-17-37(7,35)36/h8,11-13,15-16,18-21,31H,1-2,9-10,14,17H2,3-7H3/b23-21+,26-18+,31-28?,32-20-. The van der Waals surface area contributed by atoms with Gasteiger partial charge in [0.2, 0.25) is 0 Å². The molecule has 0 radical (unpaired) electrons. The SMILES string of the molecule is C=C/C(=C\N(C)C)c1cccc(-c2ccc(C(/C=N\C)=C/C(=C)C)c(C(=N)CCCCS(C)(=O)=O)n2)c1. The van der Waals surface area contributed by atoms with Crippen molar-refractivity contribution in [1.29, 1.82) is 5.41 Å². The number of aliphatic imine (C=N–C) groups is 1. The molecule has 1 N–H and O–H groups in total. The Kier molecular flexibility index (Phi) is 10.9. The van der Waals surface area contributed by atoms with Crippen molar-refractivity contribution in [3.8, 4) is 11.3 Å². The lowest BCUT2D eigenvalue weighted by atomic mass is 9.96. The van der Waals surface area contributed by atoms with Crippen LogP contribution in [-0.4, -0.2) is 63.4 Å². The Balaban J connectivity index is 2.57. The number of aromatic nitrogens is 1. The van der Waals surface area contributed by atoms with E-state index in [4.69, 9.17) is 10.4 Å². The van der Waals surface area contributed by atoms with Crippen LogP contribution in [0.5, 0.6) is 0 Å². The maximum Gasteiger partial charge on any atom is 0.147 e. The average molecular weight is 519 g/mol. The predicted octanol–water partition coefficient (Wildman–Crippen LogP) is 6.08. The predicted molar refractivity (Wildman–Crippen MR) is 159 cm³/mol. The molecule has 0 unspecified atom stereocenters. The van der Waals surface area contributed by atoms with Crippen molar-refractivity contribution in [3.05, 3.63) is 90.3 Å². The first-order valence-corrected chi connectivity index (χ1v) is 14.2. The fourth-order valence-corrected chi connectivity index (χ4v) is 4.57. The minimum Gasteiger partial charge on any atom is -0.383 e. The van der Waals surface area contributed by atoms with E-state index >= 15 is 0 Å². The van der Waals surface area contributed by atoms with Crippen LogP contribution in [0, 0.1) is 5.41 Å². The molecule has 2 aromatic rings. The Bertz CT molecular complexity index is 1350. The Labute approximate surface area is 222 Å². The summed E-state index contributed by atoms with van der Waals surface area (Å²) in [5.41, 5.74) is 7.08. The van der Waals surface area contributed by atoms with E-state index in [1.807, 2.05) is 74.6 Å². The van der Waals surface area contributed by atoms with Gasteiger partial charge in [-0.3, -0.25) is 4.99 Å². The van der Waals surface area contributed by atoms with Gasteiger partial charge in [-0.2, -0.15) is 0 Å². The lowest BCUT2D eigenvalue weighted by Gasteiger charge is -2.14. The number of nitrogens with one attached hydrogen (secondary N) is 1. The van der Waals surface area contributed by atoms with E-state index in [-0.39, 0.29) is 5.75 Å². The minimum atomic E-state index is -3.03. The molecule has 0 fully saturated rings. The average Bonchev–Trinajstić information content (AvgIpc) is 2.83. The first-order chi connectivity index (χ1) is 17.4. The molecule has 0 aliphatic heterocycles. The van der Waals surface area contributed by atoms with Gasteiger partial charge in [0.25, 0.3) is 0 Å². The van der Waals surface area contributed by atoms with Gasteiger partial charge in [0.15, 0.2) is 0 Å². The Morgan fingerprint density at radius 2 is 1.89 bits per heavy atom. The summed E-state index contributed by atoms with van der Waals surface area (Å²) in [5.74, 6) is 0.114. The molecule has 2 rings (SSSR count). The molecular formula is C30H38N4O2S. The maximum absolute atomic E-state index is 11.5. The highest BCUT2D eigenvalue weighted by Gasteiger charge is 2.16. The third kappa shape index (κ3) is 9.42. The van der Waals surface area contributed by atoms with Gasteiger partial charge in [-0.15, -0.1) is 0 Å². The van der Waals surface area contributed by atoms with Gasteiger partial charge in [0.05, 0.1) is 17.1 Å². The van der Waals surface area contributed by atoms with Gasteiger partial charge in [0, 0.05) is 62.3 Å². The van der Waals surface area contributed by atoms with Gasteiger partial charge in [-0.05, 0) is 55.5 Å². The van der Waals surface area contributed by atoms with Crippen molar-refractivity contribution in [3.63, 3.8) is 0 Å². The summed E-state index contributed by atoms with van der Waals surface area (Å²) >= 11 is 0. The molecule has 0 aliphatic carbocycles. The molecule has 0 saturated heterocycles. The minimum absolute atomic E-state index is 0.114. The molecule has 196 valence electrons. The Morgan fingerprint density at radius 1 is 1.16 bits per heavy atom. The number of hydrogen-bond acceptors (Lipinski definition) is 6. The number of rotatable bonds is 13.